The van der Waals surface area contributed by atoms with Crippen molar-refractivity contribution in [2.45, 2.75) is 33.1 Å². The van der Waals surface area contributed by atoms with Crippen LogP contribution in [0.25, 0.3) is 0 Å². The number of nitrogens with zero attached hydrogens (tertiary/aromatic N) is 1. The van der Waals surface area contributed by atoms with Gasteiger partial charge in [-0.1, -0.05) is 13.8 Å². The van der Waals surface area contributed by atoms with Crippen molar-refractivity contribution in [2.24, 2.45) is 11.8 Å². The molecule has 1 fully saturated rings. The Bertz CT molecular complexity index is 542. The van der Waals surface area contributed by atoms with Crippen molar-refractivity contribution in [3.63, 3.8) is 0 Å². The van der Waals surface area contributed by atoms with Crippen molar-refractivity contribution < 1.29 is 14.0 Å². The van der Waals surface area contributed by atoms with Gasteiger partial charge >= 0.3 is 0 Å². The maximum Gasteiger partial charge on any atom is 0.253 e. The number of halogens is 1. The van der Waals surface area contributed by atoms with E-state index in [2.05, 4.69) is 19.2 Å². The van der Waals surface area contributed by atoms with Gasteiger partial charge in [0.1, 0.15) is 5.82 Å². The molecule has 1 aliphatic heterocycles. The molecule has 1 N–H and O–H groups in total. The molecule has 1 saturated heterocycles. The highest BCUT2D eigenvalue weighted by atomic mass is 19.1. The van der Waals surface area contributed by atoms with Crippen LogP contribution in [0.4, 0.5) is 4.39 Å². The van der Waals surface area contributed by atoms with Gasteiger partial charge in [0.2, 0.25) is 5.91 Å². The van der Waals surface area contributed by atoms with Crippen LogP contribution in [0.3, 0.4) is 0 Å². The first kappa shape index (κ1) is 17.4. The van der Waals surface area contributed by atoms with Gasteiger partial charge in [-0.25, -0.2) is 4.39 Å². The standard InChI is InChI=1S/C18H25FN2O2/c1-13(2)9-10-20-17(22)15-4-3-11-21(12-15)18(23)14-5-7-16(19)8-6-14/h5-8,13,15H,3-4,9-12H2,1-2H3,(H,20,22)/t15-/m1/s1. The van der Waals surface area contributed by atoms with Crippen molar-refractivity contribution in [3.8, 4) is 0 Å². The van der Waals surface area contributed by atoms with Crippen LogP contribution in [0, 0.1) is 17.7 Å². The number of hydrogen-bond acceptors (Lipinski definition) is 2. The summed E-state index contributed by atoms with van der Waals surface area (Å²) in [7, 11) is 0. The molecule has 1 atom stereocenters. The molecular formula is C18H25FN2O2. The summed E-state index contributed by atoms with van der Waals surface area (Å²) in [6.45, 7) is 6.00. The van der Waals surface area contributed by atoms with E-state index in [4.69, 9.17) is 0 Å². The molecular weight excluding hydrogens is 295 g/mol. The lowest BCUT2D eigenvalue weighted by atomic mass is 9.96. The van der Waals surface area contributed by atoms with Gasteiger partial charge in [-0.3, -0.25) is 9.59 Å². The minimum atomic E-state index is -0.359. The SMILES string of the molecule is CC(C)CCNC(=O)[C@@H]1CCCN(C(=O)c2ccc(F)cc2)C1. The summed E-state index contributed by atoms with van der Waals surface area (Å²) in [6.07, 6.45) is 2.58. The van der Waals surface area contributed by atoms with E-state index in [-0.39, 0.29) is 23.5 Å². The van der Waals surface area contributed by atoms with Crippen LogP contribution < -0.4 is 5.32 Å². The maximum absolute atomic E-state index is 13.0. The van der Waals surface area contributed by atoms with Gasteiger partial charge in [0.15, 0.2) is 0 Å². The van der Waals surface area contributed by atoms with Crippen LogP contribution in [-0.2, 0) is 4.79 Å². The number of hydrogen-bond donors (Lipinski definition) is 1. The molecule has 0 aliphatic carbocycles. The molecule has 0 bridgehead atoms. The number of benzene rings is 1. The Hall–Kier alpha value is -1.91. The van der Waals surface area contributed by atoms with Crippen molar-refractivity contribution in [3.05, 3.63) is 35.6 Å². The maximum atomic E-state index is 13.0. The van der Waals surface area contributed by atoms with Crippen LogP contribution in [0.1, 0.15) is 43.5 Å². The van der Waals surface area contributed by atoms with Gasteiger partial charge in [-0.05, 0) is 49.4 Å². The second kappa shape index (κ2) is 8.09. The highest BCUT2D eigenvalue weighted by Gasteiger charge is 2.28. The number of carbonyl (C=O) groups excluding carboxylic acids is 2. The van der Waals surface area contributed by atoms with Crippen LogP contribution in [-0.4, -0.2) is 36.3 Å². The minimum absolute atomic E-state index is 0.0299. The third-order valence-corrected chi connectivity index (χ3v) is 4.19. The summed E-state index contributed by atoms with van der Waals surface area (Å²) in [5, 5.41) is 2.96. The van der Waals surface area contributed by atoms with E-state index in [0.29, 0.717) is 31.1 Å². The highest BCUT2D eigenvalue weighted by molar-refractivity contribution is 5.94. The third-order valence-electron chi connectivity index (χ3n) is 4.19. The fourth-order valence-corrected chi connectivity index (χ4v) is 2.78. The van der Waals surface area contributed by atoms with Gasteiger partial charge in [0.05, 0.1) is 5.92 Å². The van der Waals surface area contributed by atoms with Crippen molar-refractivity contribution >= 4 is 11.8 Å². The number of likely N-dealkylation sites (tertiary alicyclic amines) is 1. The molecule has 1 heterocycles. The fraction of sp³-hybridized carbons (Fsp3) is 0.556. The molecule has 2 rings (SSSR count). The first-order valence-electron chi connectivity index (χ1n) is 8.30. The van der Waals surface area contributed by atoms with Gasteiger partial charge < -0.3 is 10.2 Å². The Labute approximate surface area is 137 Å². The zero-order valence-corrected chi connectivity index (χ0v) is 13.8. The molecule has 0 saturated carbocycles. The number of piperidine rings is 1. The van der Waals surface area contributed by atoms with Crippen LogP contribution in [0.2, 0.25) is 0 Å². The van der Waals surface area contributed by atoms with Crippen molar-refractivity contribution in [1.29, 1.82) is 0 Å². The molecule has 2 amide bonds. The van der Waals surface area contributed by atoms with Crippen LogP contribution in [0.15, 0.2) is 24.3 Å². The molecule has 0 unspecified atom stereocenters. The summed E-state index contributed by atoms with van der Waals surface area (Å²) < 4.78 is 13.0. The van der Waals surface area contributed by atoms with E-state index < -0.39 is 0 Å². The first-order chi connectivity index (χ1) is 11.0. The largest absolute Gasteiger partial charge is 0.356 e. The lowest BCUT2D eigenvalue weighted by Crippen LogP contribution is -2.45. The van der Waals surface area contributed by atoms with E-state index in [1.54, 1.807) is 4.90 Å². The predicted octanol–water partition coefficient (Wildman–Crippen LogP) is 2.84. The molecule has 0 aromatic heterocycles. The second-order valence-electron chi connectivity index (χ2n) is 6.57. The lowest BCUT2D eigenvalue weighted by molar-refractivity contribution is -0.126. The minimum Gasteiger partial charge on any atom is -0.356 e. The number of carbonyl (C=O) groups is 2. The Morgan fingerprint density at radius 1 is 1.30 bits per heavy atom. The van der Waals surface area contributed by atoms with Gasteiger partial charge in [0.25, 0.3) is 5.91 Å². The summed E-state index contributed by atoms with van der Waals surface area (Å²) in [6, 6.07) is 5.55. The van der Waals surface area contributed by atoms with Crippen molar-refractivity contribution in [2.75, 3.05) is 19.6 Å². The van der Waals surface area contributed by atoms with Gasteiger partial charge in [0, 0.05) is 25.2 Å². The van der Waals surface area contributed by atoms with E-state index in [1.165, 1.54) is 24.3 Å². The topological polar surface area (TPSA) is 49.4 Å². The van der Waals surface area contributed by atoms with Crippen molar-refractivity contribution in [1.82, 2.24) is 10.2 Å². The molecule has 5 heteroatoms. The molecule has 4 nitrogen and oxygen atoms in total. The molecule has 126 valence electrons. The Balaban J connectivity index is 1.91. The normalized spacial score (nSPS) is 18.1. The second-order valence-corrected chi connectivity index (χ2v) is 6.57. The zero-order valence-electron chi connectivity index (χ0n) is 13.8. The monoisotopic (exact) mass is 320 g/mol. The van der Waals surface area contributed by atoms with E-state index in [1.807, 2.05) is 0 Å². The van der Waals surface area contributed by atoms with Crippen LogP contribution in [0.5, 0.6) is 0 Å². The third kappa shape index (κ3) is 5.05. The summed E-state index contributed by atoms with van der Waals surface area (Å²) in [5.41, 5.74) is 0.465. The number of nitrogens with one attached hydrogen (secondary N) is 1. The van der Waals surface area contributed by atoms with Crippen LogP contribution >= 0.6 is 0 Å². The Morgan fingerprint density at radius 3 is 2.65 bits per heavy atom. The molecule has 1 aliphatic rings. The van der Waals surface area contributed by atoms with Gasteiger partial charge in [-0.15, -0.1) is 0 Å². The Kier molecular flexibility index (Phi) is 6.13. The molecule has 0 radical (unpaired) electrons. The first-order valence-corrected chi connectivity index (χ1v) is 8.30. The predicted molar refractivity (Wildman–Crippen MR) is 87.5 cm³/mol. The quantitative estimate of drug-likeness (QED) is 0.907. The lowest BCUT2D eigenvalue weighted by Gasteiger charge is -2.32. The fourth-order valence-electron chi connectivity index (χ4n) is 2.78. The van der Waals surface area contributed by atoms with E-state index in [0.717, 1.165) is 19.3 Å². The Morgan fingerprint density at radius 2 is 2.00 bits per heavy atom. The average molecular weight is 320 g/mol. The highest BCUT2D eigenvalue weighted by Crippen LogP contribution is 2.19. The molecule has 1 aromatic carbocycles. The summed E-state index contributed by atoms with van der Waals surface area (Å²) in [4.78, 5) is 26.4. The molecule has 1 aromatic rings. The van der Waals surface area contributed by atoms with Gasteiger partial charge in [-0.2, -0.15) is 0 Å². The average Bonchev–Trinajstić information content (AvgIpc) is 2.54. The zero-order chi connectivity index (χ0) is 16.8. The number of rotatable bonds is 5. The molecule has 23 heavy (non-hydrogen) atoms. The van der Waals surface area contributed by atoms with E-state index >= 15 is 0 Å². The smallest absolute Gasteiger partial charge is 0.253 e. The summed E-state index contributed by atoms with van der Waals surface area (Å²) in [5.74, 6) is -0.0620. The molecule has 0 spiro atoms. The number of amides is 2. The summed E-state index contributed by atoms with van der Waals surface area (Å²) >= 11 is 0. The van der Waals surface area contributed by atoms with E-state index in [9.17, 15) is 14.0 Å².